The highest BCUT2D eigenvalue weighted by atomic mass is 16.5. The lowest BCUT2D eigenvalue weighted by Crippen LogP contribution is -2.13. The zero-order valence-electron chi connectivity index (χ0n) is 11.5. The van der Waals surface area contributed by atoms with E-state index >= 15 is 0 Å². The van der Waals surface area contributed by atoms with Crippen molar-refractivity contribution in [2.75, 3.05) is 19.5 Å². The minimum Gasteiger partial charge on any atom is -0.377 e. The Hall–Kier alpha value is -2.18. The SMILES string of the molecule is CNCc1cccc(NC(=O)c2cc(COC)on2)c1. The Kier molecular flexibility index (Phi) is 4.86. The Morgan fingerprint density at radius 1 is 1.40 bits per heavy atom. The molecular formula is C14H17N3O3. The molecule has 2 aromatic rings. The van der Waals surface area contributed by atoms with E-state index in [1.807, 2.05) is 31.3 Å². The number of carbonyl (C=O) groups is 1. The van der Waals surface area contributed by atoms with E-state index in [0.29, 0.717) is 5.76 Å². The minimum absolute atomic E-state index is 0.232. The second-order valence-electron chi connectivity index (χ2n) is 4.30. The molecule has 0 aliphatic heterocycles. The lowest BCUT2D eigenvalue weighted by atomic mass is 10.2. The predicted octanol–water partition coefficient (Wildman–Crippen LogP) is 1.79. The highest BCUT2D eigenvalue weighted by molar-refractivity contribution is 6.02. The number of anilines is 1. The summed E-state index contributed by atoms with van der Waals surface area (Å²) in [5.41, 5.74) is 2.04. The third kappa shape index (κ3) is 3.66. The highest BCUT2D eigenvalue weighted by Gasteiger charge is 2.12. The molecule has 20 heavy (non-hydrogen) atoms. The molecule has 1 aromatic heterocycles. The Labute approximate surface area is 117 Å². The Balaban J connectivity index is 2.04. The second-order valence-corrected chi connectivity index (χ2v) is 4.30. The van der Waals surface area contributed by atoms with Crippen molar-refractivity contribution in [2.45, 2.75) is 13.2 Å². The van der Waals surface area contributed by atoms with Gasteiger partial charge in [-0.3, -0.25) is 4.79 Å². The van der Waals surface area contributed by atoms with Gasteiger partial charge in [-0.05, 0) is 24.7 Å². The first kappa shape index (κ1) is 14.2. The average molecular weight is 275 g/mol. The van der Waals surface area contributed by atoms with Crippen LogP contribution in [0.1, 0.15) is 21.8 Å². The predicted molar refractivity (Wildman–Crippen MR) is 74.4 cm³/mol. The maximum Gasteiger partial charge on any atom is 0.277 e. The Morgan fingerprint density at radius 3 is 3.00 bits per heavy atom. The second kappa shape index (κ2) is 6.83. The molecule has 0 aliphatic rings. The lowest BCUT2D eigenvalue weighted by molar-refractivity contribution is 0.101. The summed E-state index contributed by atoms with van der Waals surface area (Å²) >= 11 is 0. The fraction of sp³-hybridized carbons (Fsp3) is 0.286. The summed E-state index contributed by atoms with van der Waals surface area (Å²) in [6.07, 6.45) is 0. The molecule has 1 heterocycles. The quantitative estimate of drug-likeness (QED) is 0.840. The molecule has 0 bridgehead atoms. The van der Waals surface area contributed by atoms with Gasteiger partial charge >= 0.3 is 0 Å². The van der Waals surface area contributed by atoms with Crippen LogP contribution in [0, 0.1) is 0 Å². The molecule has 0 fully saturated rings. The van der Waals surface area contributed by atoms with E-state index in [-0.39, 0.29) is 18.2 Å². The third-order valence-corrected chi connectivity index (χ3v) is 2.64. The Bertz CT molecular complexity index is 581. The number of methoxy groups -OCH3 is 1. The number of hydrogen-bond donors (Lipinski definition) is 2. The molecular weight excluding hydrogens is 258 g/mol. The summed E-state index contributed by atoms with van der Waals surface area (Å²) in [5, 5.41) is 9.55. The first-order valence-electron chi connectivity index (χ1n) is 6.22. The molecule has 0 saturated carbocycles. The number of ether oxygens (including phenoxy) is 1. The van der Waals surface area contributed by atoms with Crippen molar-refractivity contribution in [1.29, 1.82) is 0 Å². The number of aromatic nitrogens is 1. The number of rotatable bonds is 6. The van der Waals surface area contributed by atoms with Gasteiger partial charge in [-0.2, -0.15) is 0 Å². The van der Waals surface area contributed by atoms with Gasteiger partial charge in [0.2, 0.25) is 0 Å². The largest absolute Gasteiger partial charge is 0.377 e. The van der Waals surface area contributed by atoms with Crippen molar-refractivity contribution in [3.63, 3.8) is 0 Å². The van der Waals surface area contributed by atoms with Crippen LogP contribution in [0.25, 0.3) is 0 Å². The highest BCUT2D eigenvalue weighted by Crippen LogP contribution is 2.13. The first-order chi connectivity index (χ1) is 9.72. The molecule has 0 atom stereocenters. The summed E-state index contributed by atoms with van der Waals surface area (Å²) in [7, 11) is 3.42. The molecule has 2 N–H and O–H groups in total. The fourth-order valence-corrected chi connectivity index (χ4v) is 1.79. The maximum atomic E-state index is 12.0. The van der Waals surface area contributed by atoms with Crippen LogP contribution in [0.2, 0.25) is 0 Å². The first-order valence-corrected chi connectivity index (χ1v) is 6.22. The molecule has 6 heteroatoms. The van der Waals surface area contributed by atoms with E-state index in [2.05, 4.69) is 15.8 Å². The summed E-state index contributed by atoms with van der Waals surface area (Å²) in [5.74, 6) is 0.208. The van der Waals surface area contributed by atoms with Crippen molar-refractivity contribution >= 4 is 11.6 Å². The van der Waals surface area contributed by atoms with Gasteiger partial charge in [0.25, 0.3) is 5.91 Å². The van der Waals surface area contributed by atoms with Crippen molar-refractivity contribution < 1.29 is 14.1 Å². The van der Waals surface area contributed by atoms with Crippen molar-refractivity contribution in [1.82, 2.24) is 10.5 Å². The zero-order chi connectivity index (χ0) is 14.4. The van der Waals surface area contributed by atoms with Crippen molar-refractivity contribution in [3.8, 4) is 0 Å². The molecule has 2 rings (SSSR count). The number of hydrogen-bond acceptors (Lipinski definition) is 5. The minimum atomic E-state index is -0.308. The summed E-state index contributed by atoms with van der Waals surface area (Å²) < 4.78 is 9.89. The van der Waals surface area contributed by atoms with Crippen LogP contribution in [-0.2, 0) is 17.9 Å². The van der Waals surface area contributed by atoms with Gasteiger partial charge < -0.3 is 19.9 Å². The maximum absolute atomic E-state index is 12.0. The smallest absolute Gasteiger partial charge is 0.277 e. The number of amides is 1. The normalized spacial score (nSPS) is 10.5. The molecule has 106 valence electrons. The lowest BCUT2D eigenvalue weighted by Gasteiger charge is -2.05. The van der Waals surface area contributed by atoms with Gasteiger partial charge in [-0.15, -0.1) is 0 Å². The van der Waals surface area contributed by atoms with E-state index in [1.54, 1.807) is 13.2 Å². The topological polar surface area (TPSA) is 76.4 Å². The summed E-state index contributed by atoms with van der Waals surface area (Å²) in [6.45, 7) is 1.03. The van der Waals surface area contributed by atoms with Gasteiger partial charge in [0.1, 0.15) is 6.61 Å². The van der Waals surface area contributed by atoms with E-state index in [9.17, 15) is 4.79 Å². The van der Waals surface area contributed by atoms with Gasteiger partial charge in [0, 0.05) is 25.4 Å². The van der Waals surface area contributed by atoms with Crippen LogP contribution in [0.5, 0.6) is 0 Å². The molecule has 0 aliphatic carbocycles. The molecule has 0 saturated heterocycles. The summed E-state index contributed by atoms with van der Waals surface area (Å²) in [4.78, 5) is 12.0. The number of nitrogens with zero attached hydrogens (tertiary/aromatic N) is 1. The molecule has 0 spiro atoms. The third-order valence-electron chi connectivity index (χ3n) is 2.64. The average Bonchev–Trinajstić information content (AvgIpc) is 2.89. The van der Waals surface area contributed by atoms with Crippen molar-refractivity contribution in [2.24, 2.45) is 0 Å². The van der Waals surface area contributed by atoms with Gasteiger partial charge in [0.15, 0.2) is 11.5 Å². The number of nitrogens with one attached hydrogen (secondary N) is 2. The monoisotopic (exact) mass is 275 g/mol. The Morgan fingerprint density at radius 2 is 2.25 bits per heavy atom. The van der Waals surface area contributed by atoms with Crippen molar-refractivity contribution in [3.05, 3.63) is 47.3 Å². The van der Waals surface area contributed by atoms with Gasteiger partial charge in [0.05, 0.1) is 0 Å². The van der Waals surface area contributed by atoms with E-state index < -0.39 is 0 Å². The van der Waals surface area contributed by atoms with Gasteiger partial charge in [-0.1, -0.05) is 17.3 Å². The van der Waals surface area contributed by atoms with Crippen LogP contribution < -0.4 is 10.6 Å². The van der Waals surface area contributed by atoms with E-state index in [4.69, 9.17) is 9.26 Å². The van der Waals surface area contributed by atoms with E-state index in [0.717, 1.165) is 17.8 Å². The zero-order valence-corrected chi connectivity index (χ0v) is 11.5. The van der Waals surface area contributed by atoms with Crippen LogP contribution >= 0.6 is 0 Å². The molecule has 6 nitrogen and oxygen atoms in total. The summed E-state index contributed by atoms with van der Waals surface area (Å²) in [6, 6.07) is 9.18. The standard InChI is InChI=1S/C14H17N3O3/c1-15-8-10-4-3-5-11(6-10)16-14(18)13-7-12(9-19-2)20-17-13/h3-7,15H,8-9H2,1-2H3,(H,16,18). The molecule has 0 radical (unpaired) electrons. The molecule has 1 aromatic carbocycles. The van der Waals surface area contributed by atoms with Crippen LogP contribution in [0.15, 0.2) is 34.9 Å². The number of carbonyl (C=O) groups excluding carboxylic acids is 1. The van der Waals surface area contributed by atoms with Crippen LogP contribution in [0.4, 0.5) is 5.69 Å². The fourth-order valence-electron chi connectivity index (χ4n) is 1.79. The van der Waals surface area contributed by atoms with Crippen LogP contribution in [-0.4, -0.2) is 25.2 Å². The van der Waals surface area contributed by atoms with Gasteiger partial charge in [-0.25, -0.2) is 0 Å². The van der Waals surface area contributed by atoms with Crippen LogP contribution in [0.3, 0.4) is 0 Å². The molecule has 1 amide bonds. The van der Waals surface area contributed by atoms with E-state index in [1.165, 1.54) is 0 Å². The molecule has 0 unspecified atom stereocenters. The number of benzene rings is 1.